The first-order chi connectivity index (χ1) is 15.3. The minimum Gasteiger partial charge on any atom is -0.340 e. The zero-order valence-corrected chi connectivity index (χ0v) is 18.2. The predicted octanol–water partition coefficient (Wildman–Crippen LogP) is 4.29. The number of halogens is 2. The van der Waals surface area contributed by atoms with Gasteiger partial charge in [-0.2, -0.15) is 0 Å². The van der Waals surface area contributed by atoms with Gasteiger partial charge in [-0.05, 0) is 60.9 Å². The number of nitrogens with two attached hydrogens (primary N) is 1. The Balaban J connectivity index is 1.67. The third-order valence-electron chi connectivity index (χ3n) is 5.55. The number of carbonyl (C=O) groups excluding carboxylic acids is 1. The van der Waals surface area contributed by atoms with Crippen molar-refractivity contribution in [3.8, 4) is 11.3 Å². The van der Waals surface area contributed by atoms with E-state index in [2.05, 4.69) is 5.32 Å². The molecule has 4 rings (SSSR count). The summed E-state index contributed by atoms with van der Waals surface area (Å²) in [5, 5.41) is 3.33. The number of fused-ring (bicyclic) bond motifs is 1. The van der Waals surface area contributed by atoms with Crippen LogP contribution in [-0.4, -0.2) is 32.9 Å². The van der Waals surface area contributed by atoms with Gasteiger partial charge in [-0.15, -0.1) is 0 Å². The summed E-state index contributed by atoms with van der Waals surface area (Å²) in [6.07, 6.45) is 0.627. The van der Waals surface area contributed by atoms with Gasteiger partial charge in [0.25, 0.3) is 0 Å². The molecular weight excluding hydrogens is 412 g/mol. The van der Waals surface area contributed by atoms with E-state index in [0.29, 0.717) is 49.2 Å². The van der Waals surface area contributed by atoms with E-state index in [9.17, 15) is 13.6 Å². The fourth-order valence-corrected chi connectivity index (χ4v) is 3.97. The molecule has 1 aliphatic heterocycles. The molecule has 0 unspecified atom stereocenters. The summed E-state index contributed by atoms with van der Waals surface area (Å²) in [6.45, 7) is 5.46. The lowest BCUT2D eigenvalue weighted by Crippen LogP contribution is -2.47. The number of nitrogens with zero attached hydrogens (tertiary/aromatic N) is 3. The number of aromatic nitrogens is 2. The molecule has 3 N–H and O–H groups in total. The Bertz CT molecular complexity index is 1090. The minimum atomic E-state index is -0.537. The van der Waals surface area contributed by atoms with Crippen molar-refractivity contribution in [3.63, 3.8) is 0 Å². The maximum Gasteiger partial charge on any atom is 0.239 e. The highest BCUT2D eigenvalue weighted by atomic mass is 19.1. The molecule has 0 radical (unpaired) electrons. The van der Waals surface area contributed by atoms with Crippen molar-refractivity contribution in [2.75, 3.05) is 11.9 Å². The van der Waals surface area contributed by atoms with E-state index in [0.717, 1.165) is 11.4 Å². The van der Waals surface area contributed by atoms with Crippen molar-refractivity contribution < 1.29 is 13.6 Å². The molecule has 1 atom stereocenters. The lowest BCUT2D eigenvalue weighted by molar-refractivity contribution is -0.134. The Morgan fingerprint density at radius 3 is 2.31 bits per heavy atom. The number of benzene rings is 2. The number of hydrogen-bond acceptors (Lipinski definition) is 4. The van der Waals surface area contributed by atoms with Crippen LogP contribution in [0.25, 0.3) is 11.3 Å². The van der Waals surface area contributed by atoms with Gasteiger partial charge in [-0.3, -0.25) is 4.79 Å². The quantitative estimate of drug-likeness (QED) is 0.601. The number of nitrogens with one attached hydrogen (secondary N) is 1. The molecule has 3 aromatic rings. The fourth-order valence-electron chi connectivity index (χ4n) is 3.97. The molecule has 1 aliphatic rings. The Labute approximate surface area is 186 Å². The van der Waals surface area contributed by atoms with Crippen molar-refractivity contribution in [3.05, 3.63) is 66.0 Å². The van der Waals surface area contributed by atoms with Crippen molar-refractivity contribution in [2.24, 2.45) is 11.7 Å². The summed E-state index contributed by atoms with van der Waals surface area (Å²) in [5.74, 6) is 1.03. The second-order valence-corrected chi connectivity index (χ2v) is 8.51. The van der Waals surface area contributed by atoms with E-state index in [1.165, 1.54) is 24.3 Å². The van der Waals surface area contributed by atoms with Crippen LogP contribution in [0.15, 0.2) is 48.5 Å². The summed E-state index contributed by atoms with van der Waals surface area (Å²) in [5.41, 5.74) is 8.22. The van der Waals surface area contributed by atoms with Crippen molar-refractivity contribution in [1.29, 1.82) is 0 Å². The zero-order chi connectivity index (χ0) is 22.8. The smallest absolute Gasteiger partial charge is 0.239 e. The molecule has 0 spiro atoms. The summed E-state index contributed by atoms with van der Waals surface area (Å²) < 4.78 is 28.9. The number of rotatable bonds is 6. The average Bonchev–Trinajstić information content (AvgIpc) is 3.12. The van der Waals surface area contributed by atoms with Crippen LogP contribution in [0.2, 0.25) is 0 Å². The molecule has 0 fully saturated rings. The average molecular weight is 440 g/mol. The second-order valence-electron chi connectivity index (χ2n) is 8.51. The molecule has 168 valence electrons. The van der Waals surface area contributed by atoms with Crippen LogP contribution in [0.3, 0.4) is 0 Å². The van der Waals surface area contributed by atoms with E-state index < -0.39 is 6.04 Å². The van der Waals surface area contributed by atoms with Crippen molar-refractivity contribution in [1.82, 2.24) is 14.5 Å². The van der Waals surface area contributed by atoms with E-state index in [-0.39, 0.29) is 17.5 Å². The molecule has 0 aliphatic carbocycles. The molecule has 1 aromatic heterocycles. The number of imidazole rings is 1. The largest absolute Gasteiger partial charge is 0.340 e. The highest BCUT2D eigenvalue weighted by molar-refractivity contribution is 5.82. The number of carbonyl (C=O) groups is 1. The lowest BCUT2D eigenvalue weighted by atomic mass is 10.0. The summed E-state index contributed by atoms with van der Waals surface area (Å²) >= 11 is 0. The van der Waals surface area contributed by atoms with Crippen LogP contribution >= 0.6 is 0 Å². The van der Waals surface area contributed by atoms with Gasteiger partial charge in [0, 0.05) is 24.3 Å². The highest BCUT2D eigenvalue weighted by Crippen LogP contribution is 2.33. The maximum atomic E-state index is 13.5. The van der Waals surface area contributed by atoms with Crippen molar-refractivity contribution >= 4 is 17.4 Å². The second kappa shape index (κ2) is 9.08. The number of hydrogen-bond donors (Lipinski definition) is 2. The van der Waals surface area contributed by atoms with Gasteiger partial charge in [0.15, 0.2) is 0 Å². The molecule has 0 saturated carbocycles. The van der Waals surface area contributed by atoms with E-state index >= 15 is 0 Å². The highest BCUT2D eigenvalue weighted by Gasteiger charge is 2.29. The summed E-state index contributed by atoms with van der Waals surface area (Å²) in [6, 6.07) is 11.6. The topological polar surface area (TPSA) is 76.2 Å². The van der Waals surface area contributed by atoms with Gasteiger partial charge in [0.1, 0.15) is 29.0 Å². The summed E-state index contributed by atoms with van der Waals surface area (Å²) in [4.78, 5) is 19.4. The summed E-state index contributed by atoms with van der Waals surface area (Å²) in [7, 11) is 0. The molecular formula is C24H27F2N5O. The predicted molar refractivity (Wildman–Crippen MR) is 120 cm³/mol. The van der Waals surface area contributed by atoms with Crippen LogP contribution < -0.4 is 11.1 Å². The number of amides is 1. The third kappa shape index (κ3) is 4.65. The van der Waals surface area contributed by atoms with Crippen molar-refractivity contribution in [2.45, 2.75) is 39.4 Å². The van der Waals surface area contributed by atoms with E-state index in [4.69, 9.17) is 10.7 Å². The normalized spacial score (nSPS) is 14.4. The van der Waals surface area contributed by atoms with Gasteiger partial charge in [0.2, 0.25) is 5.91 Å². The van der Waals surface area contributed by atoms with Gasteiger partial charge in [0.05, 0.1) is 12.6 Å². The molecule has 32 heavy (non-hydrogen) atoms. The standard InChI is InChI=1S/C24H27F2N5O/c1-15(2)13-20(27)24(32)30-11-12-31-21(14-30)29-22(16-3-5-17(25)6-4-16)23(31)28-19-9-7-18(26)8-10-19/h3-10,15,20,28H,11-14,27H2,1-2H3/t20-/m0/s1. The van der Waals surface area contributed by atoms with Crippen LogP contribution in [0.5, 0.6) is 0 Å². The SMILES string of the molecule is CC(C)C[C@H](N)C(=O)N1CCn2c(nc(-c3ccc(F)cc3)c2Nc2ccc(F)cc2)C1. The van der Waals surface area contributed by atoms with Gasteiger partial charge >= 0.3 is 0 Å². The van der Waals surface area contributed by atoms with Gasteiger partial charge in [-0.25, -0.2) is 13.8 Å². The monoisotopic (exact) mass is 439 g/mol. The van der Waals surface area contributed by atoms with Crippen LogP contribution in [0.4, 0.5) is 20.3 Å². The third-order valence-corrected chi connectivity index (χ3v) is 5.55. The molecule has 1 amide bonds. The Kier molecular flexibility index (Phi) is 6.23. The first-order valence-electron chi connectivity index (χ1n) is 10.7. The molecule has 2 heterocycles. The van der Waals surface area contributed by atoms with Gasteiger partial charge < -0.3 is 20.5 Å². The molecule has 0 saturated heterocycles. The Hall–Kier alpha value is -3.26. The van der Waals surface area contributed by atoms with Gasteiger partial charge in [-0.1, -0.05) is 13.8 Å². The van der Waals surface area contributed by atoms with E-state index in [1.54, 1.807) is 29.2 Å². The fraction of sp³-hybridized carbons (Fsp3) is 0.333. The molecule has 2 aromatic carbocycles. The van der Waals surface area contributed by atoms with E-state index in [1.807, 2.05) is 18.4 Å². The number of anilines is 2. The van der Waals surface area contributed by atoms with Crippen LogP contribution in [0.1, 0.15) is 26.1 Å². The minimum absolute atomic E-state index is 0.0793. The molecule has 8 heteroatoms. The van der Waals surface area contributed by atoms with Crippen LogP contribution in [-0.2, 0) is 17.9 Å². The first-order valence-corrected chi connectivity index (χ1v) is 10.7. The molecule has 6 nitrogen and oxygen atoms in total. The molecule has 0 bridgehead atoms. The Morgan fingerprint density at radius 2 is 1.69 bits per heavy atom. The Morgan fingerprint density at radius 1 is 1.06 bits per heavy atom. The maximum absolute atomic E-state index is 13.5. The first kappa shape index (κ1) is 22.0. The zero-order valence-electron chi connectivity index (χ0n) is 18.2. The lowest BCUT2D eigenvalue weighted by Gasteiger charge is -2.31. The van der Waals surface area contributed by atoms with Crippen LogP contribution in [0, 0.1) is 17.6 Å².